The summed E-state index contributed by atoms with van der Waals surface area (Å²) in [4.78, 5) is 26.1. The fourth-order valence-electron chi connectivity index (χ4n) is 11.5. The summed E-state index contributed by atoms with van der Waals surface area (Å²) < 4.78 is 70.3. The Bertz CT molecular complexity index is 2420. The number of benzene rings is 4. The van der Waals surface area contributed by atoms with E-state index < -0.39 is 0 Å². The molecule has 0 saturated heterocycles. The zero-order chi connectivity index (χ0) is 55.2. The van der Waals surface area contributed by atoms with Crippen LogP contribution in [0.5, 0.6) is 57.5 Å². The van der Waals surface area contributed by atoms with Crippen LogP contribution in [-0.2, 0) is 44.7 Å². The van der Waals surface area contributed by atoms with Crippen molar-refractivity contribution in [1.82, 2.24) is 0 Å². The number of methoxy groups -OCH3 is 10. The maximum Gasteiger partial charge on any atom is 0.306 e. The molecule has 0 amide bonds. The van der Waals surface area contributed by atoms with Crippen LogP contribution >= 0.6 is 0 Å². The molecule has 6 rings (SSSR count). The highest BCUT2D eigenvalue weighted by Gasteiger charge is 2.43. The van der Waals surface area contributed by atoms with E-state index >= 15 is 0 Å². The highest BCUT2D eigenvalue weighted by molar-refractivity contribution is 5.70. The second-order valence-corrected chi connectivity index (χ2v) is 20.7. The van der Waals surface area contributed by atoms with Crippen LogP contribution in [0.15, 0.2) is 60.7 Å². The number of rotatable bonds is 28. The topological polar surface area (TPSA) is 145 Å². The second kappa shape index (κ2) is 29.9. The van der Waals surface area contributed by atoms with Gasteiger partial charge in [0.05, 0.1) is 125 Å². The molecule has 4 aromatic rings. The molecular weight excluding hydrogens is 1040 g/mol. The van der Waals surface area contributed by atoms with Crippen LogP contribution in [0.25, 0.3) is 0 Å². The van der Waals surface area contributed by atoms with Gasteiger partial charge in [0.15, 0.2) is 46.0 Å². The lowest BCUT2D eigenvalue weighted by Crippen LogP contribution is -3.00. The number of quaternary nitrogens is 2. The van der Waals surface area contributed by atoms with E-state index in [1.54, 1.807) is 71.1 Å². The summed E-state index contributed by atoms with van der Waals surface area (Å²) in [6.07, 6.45) is 8.50. The lowest BCUT2D eigenvalue weighted by molar-refractivity contribution is -0.944. The number of likely N-dealkylation sites (N-methyl/N-ethyl adjacent to an activating group) is 2. The SMILES string of the molecule is COc1cc2c(cc1OC)[C@@H](Cc1cc(OC)c(OC)c(OC)c1)[N@+](C)(CC(C)COC(=O)CC/C=C/CCC(=O)OCC(C)C[N@@+]1(C)CCc3cc(OC)c(OC)cc3[C@H]1Cc1cc(OC)c(OC)c(OC)c1)CC2.[Cl-].[Cl-]. The monoisotopic (exact) mass is 1130 g/mol. The van der Waals surface area contributed by atoms with E-state index in [0.717, 1.165) is 59.1 Å². The Morgan fingerprint density at radius 3 is 1.08 bits per heavy atom. The molecule has 0 bridgehead atoms. The van der Waals surface area contributed by atoms with Gasteiger partial charge in [-0.3, -0.25) is 9.59 Å². The van der Waals surface area contributed by atoms with E-state index in [0.29, 0.717) is 96.4 Å². The fourth-order valence-corrected chi connectivity index (χ4v) is 11.5. The molecule has 4 aromatic carbocycles. The van der Waals surface area contributed by atoms with E-state index in [9.17, 15) is 9.59 Å². The van der Waals surface area contributed by atoms with Gasteiger partial charge in [-0.1, -0.05) is 26.0 Å². The zero-order valence-electron chi connectivity index (χ0n) is 48.3. The van der Waals surface area contributed by atoms with Crippen LogP contribution in [0, 0.1) is 11.8 Å². The van der Waals surface area contributed by atoms with Crippen molar-refractivity contribution in [2.75, 3.05) is 125 Å². The molecular formula is C60H84Cl2N2O14. The molecule has 0 spiro atoms. The van der Waals surface area contributed by atoms with Gasteiger partial charge in [0.25, 0.3) is 0 Å². The first kappa shape index (κ1) is 64.6. The van der Waals surface area contributed by atoms with Crippen LogP contribution in [0.4, 0.5) is 0 Å². The maximum absolute atomic E-state index is 13.0. The molecule has 0 fully saturated rings. The van der Waals surface area contributed by atoms with Gasteiger partial charge >= 0.3 is 11.9 Å². The number of hydrogen-bond donors (Lipinski definition) is 0. The van der Waals surface area contributed by atoms with Gasteiger partial charge in [-0.15, -0.1) is 0 Å². The standard InChI is InChI=1S/C60H84N2O14.2ClH/c1-39(35-61(3)23-21-43-31-49(65-5)51(67-7)33-45(43)47(61)25-41-27-53(69-9)59(73-13)54(28-41)70-10)37-75-57(63)19-17-15-16-18-20-58(64)76-38-40(2)36-62(4)24-22-44-32-50(66-6)52(68-8)34-46(44)48(62)26-42-29-55(71-11)60(74-14)56(30-42)72-12;;/h15-16,27-34,39-40,47-48H,17-26,35-38H2,1-14H3;2*1H/q+2;;/p-2/b16-15+;;/t39?,40?,47-,48-,61-,62+;;/m1../s1. The van der Waals surface area contributed by atoms with E-state index in [4.69, 9.17) is 56.8 Å². The predicted molar refractivity (Wildman–Crippen MR) is 291 cm³/mol. The number of nitrogens with zero attached hydrogens (tertiary/aromatic N) is 2. The molecule has 0 saturated carbocycles. The number of allylic oxidation sites excluding steroid dienone is 2. The molecule has 2 unspecified atom stereocenters. The Labute approximate surface area is 475 Å². The number of carbonyl (C=O) groups is 2. The van der Waals surface area contributed by atoms with Gasteiger partial charge in [-0.25, -0.2) is 0 Å². The van der Waals surface area contributed by atoms with Gasteiger partial charge < -0.3 is 90.6 Å². The predicted octanol–water partition coefficient (Wildman–Crippen LogP) is 3.53. The number of ether oxygens (including phenoxy) is 12. The summed E-state index contributed by atoms with van der Waals surface area (Å²) in [5, 5.41) is 0. The Hall–Kier alpha value is -5.94. The highest BCUT2D eigenvalue weighted by Crippen LogP contribution is 2.47. The molecule has 2 heterocycles. The molecule has 0 radical (unpaired) electrons. The molecule has 0 aromatic heterocycles. The molecule has 2 aliphatic rings. The summed E-state index contributed by atoms with van der Waals surface area (Å²) in [7, 11) is 20.9. The summed E-state index contributed by atoms with van der Waals surface area (Å²) >= 11 is 0. The number of hydrogen-bond acceptors (Lipinski definition) is 14. The van der Waals surface area contributed by atoms with Crippen molar-refractivity contribution in [2.45, 2.75) is 77.3 Å². The van der Waals surface area contributed by atoms with E-state index in [1.807, 2.05) is 36.4 Å². The third kappa shape index (κ3) is 15.5. The van der Waals surface area contributed by atoms with Crippen molar-refractivity contribution >= 4 is 11.9 Å². The molecule has 0 aliphatic carbocycles. The Balaban J connectivity index is 0.00000656. The van der Waals surface area contributed by atoms with Crippen molar-refractivity contribution in [3.63, 3.8) is 0 Å². The third-order valence-electron chi connectivity index (χ3n) is 15.3. The first-order chi connectivity index (χ1) is 36.5. The summed E-state index contributed by atoms with van der Waals surface area (Å²) in [5.74, 6) is 5.94. The van der Waals surface area contributed by atoms with Crippen LogP contribution in [-0.4, -0.2) is 145 Å². The smallest absolute Gasteiger partial charge is 0.306 e. The molecule has 16 nitrogen and oxygen atoms in total. The average Bonchev–Trinajstić information content (AvgIpc) is 3.47. The summed E-state index contributed by atoms with van der Waals surface area (Å²) in [5.41, 5.74) is 6.91. The first-order valence-corrected chi connectivity index (χ1v) is 26.3. The minimum atomic E-state index is -0.250. The molecule has 78 heavy (non-hydrogen) atoms. The van der Waals surface area contributed by atoms with Crippen LogP contribution in [0.2, 0.25) is 0 Å². The zero-order valence-corrected chi connectivity index (χ0v) is 49.9. The Morgan fingerprint density at radius 2 is 0.782 bits per heavy atom. The fraction of sp³-hybridized carbons (Fsp3) is 0.533. The van der Waals surface area contributed by atoms with Gasteiger partial charge in [0.1, 0.15) is 12.1 Å². The Morgan fingerprint density at radius 1 is 0.474 bits per heavy atom. The van der Waals surface area contributed by atoms with Crippen LogP contribution in [0.1, 0.15) is 85.0 Å². The lowest BCUT2D eigenvalue weighted by atomic mass is 9.85. The number of carbonyl (C=O) groups excluding carboxylic acids is 2. The van der Waals surface area contributed by atoms with Crippen molar-refractivity contribution in [3.8, 4) is 57.5 Å². The Kier molecular flexibility index (Phi) is 24.7. The second-order valence-electron chi connectivity index (χ2n) is 20.7. The van der Waals surface area contributed by atoms with Gasteiger partial charge in [-0.05, 0) is 83.6 Å². The van der Waals surface area contributed by atoms with Crippen LogP contribution < -0.4 is 72.2 Å². The minimum absolute atomic E-state index is 0. The van der Waals surface area contributed by atoms with Gasteiger partial charge in [-0.2, -0.15) is 0 Å². The average molecular weight is 1130 g/mol. The highest BCUT2D eigenvalue weighted by atomic mass is 35.5. The van der Waals surface area contributed by atoms with E-state index in [1.165, 1.54) is 22.3 Å². The van der Waals surface area contributed by atoms with Crippen LogP contribution in [0.3, 0.4) is 0 Å². The number of esters is 2. The molecule has 6 atom stereocenters. The normalized spacial score (nSPS) is 19.1. The summed E-state index contributed by atoms with van der Waals surface area (Å²) in [6, 6.07) is 16.5. The lowest BCUT2D eigenvalue weighted by Gasteiger charge is -2.47. The van der Waals surface area contributed by atoms with Crippen molar-refractivity contribution in [3.05, 3.63) is 94.1 Å². The van der Waals surface area contributed by atoms with Gasteiger partial charge in [0.2, 0.25) is 11.5 Å². The van der Waals surface area contributed by atoms with E-state index in [2.05, 4.69) is 52.2 Å². The minimum Gasteiger partial charge on any atom is -1.00 e. The van der Waals surface area contributed by atoms with Gasteiger partial charge in [0, 0.05) is 61.5 Å². The quantitative estimate of drug-likeness (QED) is 0.0465. The summed E-state index contributed by atoms with van der Waals surface area (Å²) in [6.45, 7) is 8.21. The molecule has 432 valence electrons. The van der Waals surface area contributed by atoms with E-state index in [-0.39, 0.29) is 73.5 Å². The maximum atomic E-state index is 13.0. The van der Waals surface area contributed by atoms with Crippen molar-refractivity contribution in [2.24, 2.45) is 11.8 Å². The molecule has 18 heteroatoms. The van der Waals surface area contributed by atoms with Crippen molar-refractivity contribution < 1.29 is 100 Å². The first-order valence-electron chi connectivity index (χ1n) is 26.3. The molecule has 2 aliphatic heterocycles. The van der Waals surface area contributed by atoms with Crippen molar-refractivity contribution in [1.29, 1.82) is 0 Å². The number of halogens is 2. The molecule has 0 N–H and O–H groups in total. The number of fused-ring (bicyclic) bond motifs is 2. The largest absolute Gasteiger partial charge is 1.00 e. The third-order valence-corrected chi connectivity index (χ3v) is 15.3.